The van der Waals surface area contributed by atoms with Gasteiger partial charge in [0.1, 0.15) is 6.61 Å². The molecule has 1 N–H and O–H groups in total. The van der Waals surface area contributed by atoms with E-state index in [0.29, 0.717) is 12.8 Å². The predicted molar refractivity (Wildman–Crippen MR) is 395 cm³/mol. The van der Waals surface area contributed by atoms with E-state index in [1.165, 1.54) is 437 Å². The summed E-state index contributed by atoms with van der Waals surface area (Å²) in [6.07, 6.45) is 106. The lowest BCUT2D eigenvalue weighted by atomic mass is 10.0. The van der Waals surface area contributed by atoms with E-state index in [1.54, 1.807) is 0 Å². The van der Waals surface area contributed by atoms with Gasteiger partial charge in [0.05, 0.1) is 6.61 Å². The number of aliphatic hydroxyl groups excluding tert-OH is 1. The van der Waals surface area contributed by atoms with E-state index in [1.807, 2.05) is 0 Å². The molecule has 0 saturated carbocycles. The van der Waals surface area contributed by atoms with E-state index in [9.17, 15) is 14.7 Å². The van der Waals surface area contributed by atoms with Crippen LogP contribution in [0, 0.1) is 0 Å². The van der Waals surface area contributed by atoms with Crippen molar-refractivity contribution in [3.8, 4) is 0 Å². The molecule has 89 heavy (non-hydrogen) atoms. The van der Waals surface area contributed by atoms with Gasteiger partial charge in [-0.05, 0) is 38.5 Å². The Balaban J connectivity index is 3.33. The zero-order valence-corrected chi connectivity index (χ0v) is 61.3. The van der Waals surface area contributed by atoms with Gasteiger partial charge < -0.3 is 14.6 Å². The molecular weight excluding hydrogens is 1090 g/mol. The second kappa shape index (κ2) is 80.9. The second-order valence-electron chi connectivity index (χ2n) is 28.9. The number of ether oxygens (including phenoxy) is 2. The van der Waals surface area contributed by atoms with E-state index >= 15 is 0 Å². The normalized spacial score (nSPS) is 12.1. The maximum absolute atomic E-state index is 12.4. The molecule has 0 aliphatic carbocycles. The van der Waals surface area contributed by atoms with E-state index in [0.717, 1.165) is 32.1 Å². The molecule has 0 spiro atoms. The van der Waals surface area contributed by atoms with Gasteiger partial charge in [0.15, 0.2) is 6.10 Å². The molecule has 0 radical (unpaired) electrons. The van der Waals surface area contributed by atoms with Crippen molar-refractivity contribution < 1.29 is 24.2 Å². The van der Waals surface area contributed by atoms with Crippen LogP contribution in [-0.2, 0) is 19.1 Å². The number of aliphatic hydroxyl groups is 1. The summed E-state index contributed by atoms with van der Waals surface area (Å²) in [6.45, 7) is 4.23. The molecule has 1 unspecified atom stereocenters. The molecule has 0 rings (SSSR count). The molecule has 0 aromatic rings. The number of unbranched alkanes of at least 4 members (excludes halogenated alkanes) is 70. The minimum atomic E-state index is -0.768. The average molecular weight is 1250 g/mol. The van der Waals surface area contributed by atoms with Crippen LogP contribution >= 0.6 is 0 Å². The zero-order valence-electron chi connectivity index (χ0n) is 61.3. The maximum Gasteiger partial charge on any atom is 0.306 e. The summed E-state index contributed by atoms with van der Waals surface area (Å²) in [7, 11) is 0. The largest absolute Gasteiger partial charge is 0.462 e. The van der Waals surface area contributed by atoms with Crippen LogP contribution in [0.25, 0.3) is 0 Å². The minimum absolute atomic E-state index is 0.0560. The number of esters is 2. The second-order valence-corrected chi connectivity index (χ2v) is 28.9. The fourth-order valence-corrected chi connectivity index (χ4v) is 13.6. The monoisotopic (exact) mass is 1250 g/mol. The molecule has 1 atom stereocenters. The summed E-state index contributed by atoms with van der Waals surface area (Å²) in [5.41, 5.74) is 0. The van der Waals surface area contributed by atoms with Gasteiger partial charge in [0.2, 0.25) is 0 Å². The Morgan fingerprint density at radius 1 is 0.247 bits per heavy atom. The van der Waals surface area contributed by atoms with Crippen LogP contribution in [0.15, 0.2) is 12.2 Å². The first-order valence-electron chi connectivity index (χ1n) is 41.7. The van der Waals surface area contributed by atoms with Crippen molar-refractivity contribution in [2.75, 3.05) is 13.2 Å². The fourth-order valence-electron chi connectivity index (χ4n) is 13.6. The number of carbonyl (C=O) groups excluding carboxylic acids is 2. The zero-order chi connectivity index (χ0) is 64.0. The molecule has 0 heterocycles. The van der Waals surface area contributed by atoms with Crippen LogP contribution < -0.4 is 0 Å². The van der Waals surface area contributed by atoms with Crippen molar-refractivity contribution in [3.63, 3.8) is 0 Å². The summed E-state index contributed by atoms with van der Waals surface area (Å²) >= 11 is 0. The highest BCUT2D eigenvalue weighted by molar-refractivity contribution is 5.70. The van der Waals surface area contributed by atoms with Crippen LogP contribution in [0.4, 0.5) is 0 Å². The molecule has 0 aliphatic rings. The first-order chi connectivity index (χ1) is 44.1. The molecule has 0 amide bonds. The molecule has 0 aromatic heterocycles. The molecule has 0 aliphatic heterocycles. The molecule has 0 fully saturated rings. The van der Waals surface area contributed by atoms with Crippen LogP contribution in [0.3, 0.4) is 0 Å². The van der Waals surface area contributed by atoms with Gasteiger partial charge >= 0.3 is 11.9 Å². The standard InChI is InChI=1S/C84H164O5/c1-3-5-7-9-11-13-15-17-19-21-23-25-27-29-31-33-35-37-39-41-43-44-46-48-50-52-54-56-58-60-62-64-66-68-70-72-74-76-78-83(86)88-81-82(80-85)89-84(87)79-77-75-73-71-69-67-65-63-61-59-57-55-53-51-49-47-45-42-40-38-36-34-32-30-28-26-24-22-20-18-16-14-12-10-8-6-4-2/h22,24,82,85H,3-21,23,25-81H2,1-2H3/b24-22-. The molecule has 0 aromatic carbocycles. The topological polar surface area (TPSA) is 72.8 Å². The highest BCUT2D eigenvalue weighted by Gasteiger charge is 2.16. The van der Waals surface area contributed by atoms with Gasteiger partial charge in [-0.15, -0.1) is 0 Å². The van der Waals surface area contributed by atoms with Crippen molar-refractivity contribution in [3.05, 3.63) is 12.2 Å². The highest BCUT2D eigenvalue weighted by Crippen LogP contribution is 2.21. The van der Waals surface area contributed by atoms with Gasteiger partial charge in [0.25, 0.3) is 0 Å². The highest BCUT2D eigenvalue weighted by atomic mass is 16.6. The molecule has 0 saturated heterocycles. The van der Waals surface area contributed by atoms with Gasteiger partial charge in [0, 0.05) is 12.8 Å². The van der Waals surface area contributed by atoms with Crippen molar-refractivity contribution >= 4 is 11.9 Å². The summed E-state index contributed by atoms with van der Waals surface area (Å²) in [5, 5.41) is 9.73. The molecular formula is C84H164O5. The third kappa shape index (κ3) is 79.0. The Morgan fingerprint density at radius 3 is 0.607 bits per heavy atom. The molecule has 5 heteroatoms. The predicted octanol–water partition coefficient (Wildman–Crippen LogP) is 29.3. The van der Waals surface area contributed by atoms with Gasteiger partial charge in [-0.1, -0.05) is 456 Å². The number of allylic oxidation sites excluding steroid dienone is 2. The number of carbonyl (C=O) groups is 2. The fraction of sp³-hybridized carbons (Fsp3) is 0.952. The maximum atomic E-state index is 12.4. The molecule has 5 nitrogen and oxygen atoms in total. The van der Waals surface area contributed by atoms with E-state index in [4.69, 9.17) is 9.47 Å². The van der Waals surface area contributed by atoms with Gasteiger partial charge in [-0.25, -0.2) is 0 Å². The van der Waals surface area contributed by atoms with Crippen LogP contribution in [0.1, 0.15) is 495 Å². The van der Waals surface area contributed by atoms with Crippen molar-refractivity contribution in [2.45, 2.75) is 502 Å². The first kappa shape index (κ1) is 87.6. The minimum Gasteiger partial charge on any atom is -0.462 e. The van der Waals surface area contributed by atoms with Gasteiger partial charge in [-0.3, -0.25) is 9.59 Å². The SMILES string of the molecule is CCCCCCCCCC/C=C\CCCCCCCCCCCCCCCCCCCCCCCCCCCC(=O)OC(CO)COC(=O)CCCCCCCCCCCCCCCCCCCCCCCCCCCCCCCCCCCCCCCC. The van der Waals surface area contributed by atoms with E-state index < -0.39 is 6.10 Å². The number of hydrogen-bond donors (Lipinski definition) is 1. The average Bonchev–Trinajstić information content (AvgIpc) is 3.55. The van der Waals surface area contributed by atoms with Gasteiger partial charge in [-0.2, -0.15) is 0 Å². The van der Waals surface area contributed by atoms with Crippen molar-refractivity contribution in [2.24, 2.45) is 0 Å². The molecule has 530 valence electrons. The summed E-state index contributed by atoms with van der Waals surface area (Å²) in [5.74, 6) is -0.556. The van der Waals surface area contributed by atoms with E-state index in [2.05, 4.69) is 26.0 Å². The molecule has 0 bridgehead atoms. The van der Waals surface area contributed by atoms with Crippen LogP contribution in [0.2, 0.25) is 0 Å². The van der Waals surface area contributed by atoms with Crippen LogP contribution in [-0.4, -0.2) is 36.4 Å². The van der Waals surface area contributed by atoms with Crippen molar-refractivity contribution in [1.82, 2.24) is 0 Å². The Labute approximate surface area is 560 Å². The summed E-state index contributed by atoms with van der Waals surface area (Å²) in [4.78, 5) is 24.7. The summed E-state index contributed by atoms with van der Waals surface area (Å²) < 4.78 is 10.8. The number of hydrogen-bond acceptors (Lipinski definition) is 5. The Hall–Kier alpha value is -1.36. The lowest BCUT2D eigenvalue weighted by Gasteiger charge is -2.15. The van der Waals surface area contributed by atoms with E-state index in [-0.39, 0.29) is 25.2 Å². The third-order valence-electron chi connectivity index (χ3n) is 19.8. The lowest BCUT2D eigenvalue weighted by molar-refractivity contribution is -0.161. The quantitative estimate of drug-likeness (QED) is 0.0373. The van der Waals surface area contributed by atoms with Crippen molar-refractivity contribution in [1.29, 1.82) is 0 Å². The Morgan fingerprint density at radius 2 is 0.416 bits per heavy atom. The third-order valence-corrected chi connectivity index (χ3v) is 19.8. The summed E-state index contributed by atoms with van der Waals surface area (Å²) in [6, 6.07) is 0. The Bertz CT molecular complexity index is 1330. The smallest absolute Gasteiger partial charge is 0.306 e. The Kier molecular flexibility index (Phi) is 79.6. The lowest BCUT2D eigenvalue weighted by Crippen LogP contribution is -2.28. The first-order valence-corrected chi connectivity index (χ1v) is 41.7. The van der Waals surface area contributed by atoms with Crippen LogP contribution in [0.5, 0.6) is 0 Å². The number of rotatable bonds is 80.